The average molecular weight is 356 g/mol. The Morgan fingerprint density at radius 3 is 2.04 bits per heavy atom. The lowest BCUT2D eigenvalue weighted by Gasteiger charge is -2.22. The molecule has 0 saturated heterocycles. The largest absolute Gasteiger partial charge is 0.497 e. The van der Waals surface area contributed by atoms with E-state index >= 15 is 0 Å². The molecule has 0 aliphatic rings. The molecule has 0 fully saturated rings. The molecule has 0 atom stereocenters. The maximum Gasteiger partial charge on any atom is 0.314 e. The second-order valence-electron chi connectivity index (χ2n) is 6.77. The molecule has 0 aromatic heterocycles. The number of hydrogen-bond acceptors (Lipinski definition) is 4. The molecule has 2 rings (SSSR count). The van der Waals surface area contributed by atoms with Gasteiger partial charge in [-0.15, -0.1) is 0 Å². The van der Waals surface area contributed by atoms with Gasteiger partial charge in [0.05, 0.1) is 19.9 Å². The summed E-state index contributed by atoms with van der Waals surface area (Å²) in [5.41, 5.74) is 1.74. The Labute approximate surface area is 153 Å². The molecular formula is C20H24N2O4. The van der Waals surface area contributed by atoms with Gasteiger partial charge in [-0.2, -0.15) is 0 Å². The van der Waals surface area contributed by atoms with Crippen LogP contribution in [0.25, 0.3) is 0 Å². The predicted octanol–water partition coefficient (Wildman–Crippen LogP) is 3.58. The standard InChI is InChI=1S/C20H24N2O4/c1-20(2,3)14-8-6-7-9-15(14)21-18(23)19(24)22-16-12-13(25-4)10-11-17(16)26-5/h6-12H,1-5H3,(H,21,23)(H,22,24). The maximum atomic E-state index is 12.4. The number of anilines is 2. The lowest BCUT2D eigenvalue weighted by Crippen LogP contribution is -2.30. The summed E-state index contributed by atoms with van der Waals surface area (Å²) in [6.45, 7) is 6.12. The molecule has 2 amide bonds. The van der Waals surface area contributed by atoms with Gasteiger partial charge in [-0.1, -0.05) is 39.0 Å². The topological polar surface area (TPSA) is 76.7 Å². The summed E-state index contributed by atoms with van der Waals surface area (Å²) in [7, 11) is 3.00. The van der Waals surface area contributed by atoms with Crippen LogP contribution in [0.15, 0.2) is 42.5 Å². The van der Waals surface area contributed by atoms with Gasteiger partial charge in [0.1, 0.15) is 11.5 Å². The van der Waals surface area contributed by atoms with Gasteiger partial charge < -0.3 is 20.1 Å². The number of methoxy groups -OCH3 is 2. The van der Waals surface area contributed by atoms with E-state index in [1.807, 2.05) is 39.0 Å². The summed E-state index contributed by atoms with van der Waals surface area (Å²) < 4.78 is 10.3. The van der Waals surface area contributed by atoms with Crippen molar-refractivity contribution in [1.82, 2.24) is 0 Å². The van der Waals surface area contributed by atoms with Crippen LogP contribution in [-0.4, -0.2) is 26.0 Å². The minimum absolute atomic E-state index is 0.170. The summed E-state index contributed by atoms with van der Waals surface area (Å²) in [5.74, 6) is -0.575. The van der Waals surface area contributed by atoms with E-state index in [9.17, 15) is 9.59 Å². The first kappa shape index (κ1) is 19.3. The molecule has 0 unspecified atom stereocenters. The predicted molar refractivity (Wildman–Crippen MR) is 102 cm³/mol. The van der Waals surface area contributed by atoms with Crippen molar-refractivity contribution in [2.45, 2.75) is 26.2 Å². The van der Waals surface area contributed by atoms with E-state index in [4.69, 9.17) is 9.47 Å². The molecule has 6 heteroatoms. The molecule has 2 N–H and O–H groups in total. The minimum Gasteiger partial charge on any atom is -0.497 e. The van der Waals surface area contributed by atoms with Gasteiger partial charge in [-0.25, -0.2) is 0 Å². The van der Waals surface area contributed by atoms with Crippen molar-refractivity contribution in [3.8, 4) is 11.5 Å². The molecule has 138 valence electrons. The number of carbonyl (C=O) groups is 2. The summed E-state index contributed by atoms with van der Waals surface area (Å²) in [4.78, 5) is 24.7. The molecule has 0 aliphatic heterocycles. The number of ether oxygens (including phenoxy) is 2. The van der Waals surface area contributed by atoms with Gasteiger partial charge >= 0.3 is 11.8 Å². The summed E-state index contributed by atoms with van der Waals surface area (Å²) in [6, 6.07) is 12.4. The normalized spacial score (nSPS) is 10.8. The van der Waals surface area contributed by atoms with E-state index in [1.54, 1.807) is 24.3 Å². The molecule has 0 bridgehead atoms. The molecule has 0 saturated carbocycles. The first-order valence-corrected chi connectivity index (χ1v) is 8.20. The zero-order chi connectivity index (χ0) is 19.3. The Balaban J connectivity index is 2.18. The van der Waals surface area contributed by atoms with E-state index in [2.05, 4.69) is 10.6 Å². The quantitative estimate of drug-likeness (QED) is 0.821. The third-order valence-electron chi connectivity index (χ3n) is 3.84. The Morgan fingerprint density at radius 2 is 1.46 bits per heavy atom. The van der Waals surface area contributed by atoms with Crippen molar-refractivity contribution in [2.75, 3.05) is 24.9 Å². The molecule has 0 heterocycles. The Bertz CT molecular complexity index is 810. The summed E-state index contributed by atoms with van der Waals surface area (Å²) >= 11 is 0. The SMILES string of the molecule is COc1ccc(OC)c(NC(=O)C(=O)Nc2ccccc2C(C)(C)C)c1. The fourth-order valence-electron chi connectivity index (χ4n) is 2.52. The van der Waals surface area contributed by atoms with Crippen LogP contribution in [0.4, 0.5) is 11.4 Å². The molecule has 0 radical (unpaired) electrons. The number of nitrogens with one attached hydrogen (secondary N) is 2. The Kier molecular flexibility index (Phi) is 5.87. The fraction of sp³-hybridized carbons (Fsp3) is 0.300. The first-order valence-electron chi connectivity index (χ1n) is 8.20. The number of rotatable bonds is 4. The van der Waals surface area contributed by atoms with E-state index in [0.717, 1.165) is 5.56 Å². The highest BCUT2D eigenvalue weighted by atomic mass is 16.5. The van der Waals surface area contributed by atoms with Crippen LogP contribution in [-0.2, 0) is 15.0 Å². The second kappa shape index (κ2) is 7.91. The molecule has 2 aromatic rings. The van der Waals surface area contributed by atoms with Crippen molar-refractivity contribution in [1.29, 1.82) is 0 Å². The van der Waals surface area contributed by atoms with Crippen LogP contribution >= 0.6 is 0 Å². The summed E-state index contributed by atoms with van der Waals surface area (Å²) in [6.07, 6.45) is 0. The first-order chi connectivity index (χ1) is 12.3. The Morgan fingerprint density at radius 1 is 0.846 bits per heavy atom. The molecule has 6 nitrogen and oxygen atoms in total. The average Bonchev–Trinajstić information content (AvgIpc) is 2.61. The second-order valence-corrected chi connectivity index (χ2v) is 6.77. The van der Waals surface area contributed by atoms with Crippen molar-refractivity contribution in [3.05, 3.63) is 48.0 Å². The molecule has 26 heavy (non-hydrogen) atoms. The van der Waals surface area contributed by atoms with Crippen LogP contribution in [0, 0.1) is 0 Å². The van der Waals surface area contributed by atoms with Gasteiger partial charge in [0.2, 0.25) is 0 Å². The molecule has 0 aliphatic carbocycles. The van der Waals surface area contributed by atoms with Gasteiger partial charge in [0.15, 0.2) is 0 Å². The highest BCUT2D eigenvalue weighted by molar-refractivity contribution is 6.43. The lowest BCUT2D eigenvalue weighted by atomic mass is 9.86. The number of carbonyl (C=O) groups excluding carboxylic acids is 2. The fourth-order valence-corrected chi connectivity index (χ4v) is 2.52. The van der Waals surface area contributed by atoms with Crippen LogP contribution in [0.1, 0.15) is 26.3 Å². The monoisotopic (exact) mass is 356 g/mol. The molecule has 0 spiro atoms. The van der Waals surface area contributed by atoms with Crippen molar-refractivity contribution < 1.29 is 19.1 Å². The van der Waals surface area contributed by atoms with E-state index in [-0.39, 0.29) is 5.41 Å². The van der Waals surface area contributed by atoms with Crippen LogP contribution < -0.4 is 20.1 Å². The Hall–Kier alpha value is -3.02. The zero-order valence-electron chi connectivity index (χ0n) is 15.7. The number of para-hydroxylation sites is 1. The highest BCUT2D eigenvalue weighted by Gasteiger charge is 2.21. The molecule has 2 aromatic carbocycles. The van der Waals surface area contributed by atoms with E-state index < -0.39 is 11.8 Å². The van der Waals surface area contributed by atoms with Crippen molar-refractivity contribution in [3.63, 3.8) is 0 Å². The zero-order valence-corrected chi connectivity index (χ0v) is 15.7. The third-order valence-corrected chi connectivity index (χ3v) is 3.84. The third kappa shape index (κ3) is 4.53. The van der Waals surface area contributed by atoms with Crippen LogP contribution in [0.5, 0.6) is 11.5 Å². The number of hydrogen-bond donors (Lipinski definition) is 2. The van der Waals surface area contributed by atoms with Crippen LogP contribution in [0.2, 0.25) is 0 Å². The van der Waals surface area contributed by atoms with Gasteiger partial charge in [0, 0.05) is 11.8 Å². The smallest absolute Gasteiger partial charge is 0.314 e. The van der Waals surface area contributed by atoms with E-state index in [1.165, 1.54) is 14.2 Å². The van der Waals surface area contributed by atoms with Crippen LogP contribution in [0.3, 0.4) is 0 Å². The van der Waals surface area contributed by atoms with Crippen molar-refractivity contribution in [2.24, 2.45) is 0 Å². The van der Waals surface area contributed by atoms with Crippen molar-refractivity contribution >= 4 is 23.2 Å². The molecular weight excluding hydrogens is 332 g/mol. The van der Waals surface area contributed by atoms with Gasteiger partial charge in [-0.05, 0) is 29.2 Å². The minimum atomic E-state index is -0.791. The number of amides is 2. The lowest BCUT2D eigenvalue weighted by molar-refractivity contribution is -0.133. The highest BCUT2D eigenvalue weighted by Crippen LogP contribution is 2.30. The van der Waals surface area contributed by atoms with E-state index in [0.29, 0.717) is 22.9 Å². The summed E-state index contributed by atoms with van der Waals surface area (Å²) in [5, 5.41) is 5.24. The van der Waals surface area contributed by atoms with Gasteiger partial charge in [-0.3, -0.25) is 9.59 Å². The van der Waals surface area contributed by atoms with Gasteiger partial charge in [0.25, 0.3) is 0 Å². The number of benzene rings is 2. The maximum absolute atomic E-state index is 12.4.